The summed E-state index contributed by atoms with van der Waals surface area (Å²) < 4.78 is 0. The molecule has 0 atom stereocenters. The Balaban J connectivity index is 0.000000252. The molecule has 2 aliphatic heterocycles. The number of nitrogens with zero attached hydrogens (tertiary/aromatic N) is 4. The molecule has 4 nitrogen and oxygen atoms in total. The van der Waals surface area contributed by atoms with Crippen LogP contribution in [-0.4, -0.2) is 18.8 Å². The van der Waals surface area contributed by atoms with E-state index in [9.17, 15) is 0 Å². The zero-order chi connectivity index (χ0) is 41.5. The number of fused-ring (bicyclic) bond motifs is 8. The molecule has 308 valence electrons. The third-order valence-corrected chi connectivity index (χ3v) is 14.7. The molecule has 0 amide bonds. The summed E-state index contributed by atoms with van der Waals surface area (Å²) in [7, 11) is -0.877. The van der Waals surface area contributed by atoms with Crippen LogP contribution in [0.25, 0.3) is 44.4 Å². The summed E-state index contributed by atoms with van der Waals surface area (Å²) in [5.74, 6) is 0. The van der Waals surface area contributed by atoms with Gasteiger partial charge in [-0.1, -0.05) is 208 Å². The topological polar surface area (TPSA) is 54.0 Å². The van der Waals surface area contributed by atoms with Crippen LogP contribution >= 0.6 is 0 Å². The predicted molar refractivity (Wildman–Crippen MR) is 255 cm³/mol. The number of allylic oxidation sites excluding steroid dienone is 4. The molecule has 3 aromatic heterocycles. The molecule has 6 aromatic rings. The molecule has 0 saturated carbocycles. The second kappa shape index (κ2) is 20.6. The SMILES string of the molecule is CCC1=C(CC)c2cc3[n-]c(cc4nc(cc5[n-]c(cc1n2)c(CC)c5CC)C(CC)=C4CC)c(CC)c3CC.[Rh+2].c1ccc([Si](c2ccccc2)c2ccccc2)cc1. The molecule has 8 rings (SSSR count). The van der Waals surface area contributed by atoms with Gasteiger partial charge in [-0.2, -0.15) is 0 Å². The van der Waals surface area contributed by atoms with E-state index < -0.39 is 8.80 Å². The number of hydrogen-bond acceptors (Lipinski definition) is 2. The average molecular weight is 895 g/mol. The summed E-state index contributed by atoms with van der Waals surface area (Å²) >= 11 is 0. The van der Waals surface area contributed by atoms with Crippen molar-refractivity contribution >= 4 is 68.7 Å². The second-order valence-electron chi connectivity index (χ2n) is 15.2. The van der Waals surface area contributed by atoms with Crippen LogP contribution in [0.15, 0.2) is 115 Å². The van der Waals surface area contributed by atoms with Gasteiger partial charge in [0.15, 0.2) is 8.80 Å². The van der Waals surface area contributed by atoms with Gasteiger partial charge in [-0.25, -0.2) is 9.97 Å². The third kappa shape index (κ3) is 8.92. The summed E-state index contributed by atoms with van der Waals surface area (Å²) in [6.45, 7) is 17.9. The first kappa shape index (κ1) is 44.6. The van der Waals surface area contributed by atoms with E-state index >= 15 is 0 Å². The van der Waals surface area contributed by atoms with Crippen LogP contribution in [0.2, 0.25) is 0 Å². The Labute approximate surface area is 373 Å². The van der Waals surface area contributed by atoms with E-state index in [0.717, 1.165) is 96.2 Å². The molecule has 0 unspecified atom stereocenters. The molecule has 3 aromatic carbocycles. The van der Waals surface area contributed by atoms with Crippen molar-refractivity contribution in [2.45, 2.75) is 107 Å². The van der Waals surface area contributed by atoms with Crippen LogP contribution in [-0.2, 0) is 45.2 Å². The van der Waals surface area contributed by atoms with Crippen molar-refractivity contribution in [1.82, 2.24) is 19.9 Å². The van der Waals surface area contributed by atoms with Gasteiger partial charge in [0.25, 0.3) is 0 Å². The molecule has 0 N–H and O–H groups in total. The Morgan fingerprint density at radius 2 is 0.583 bits per heavy atom. The van der Waals surface area contributed by atoms with Gasteiger partial charge in [-0.15, -0.1) is 22.1 Å². The number of aryl methyl sites for hydroxylation is 4. The molecule has 0 saturated heterocycles. The van der Waals surface area contributed by atoms with E-state index in [1.165, 1.54) is 60.1 Å². The van der Waals surface area contributed by atoms with Gasteiger partial charge in [0.05, 0.1) is 22.8 Å². The first-order chi connectivity index (χ1) is 28.9. The number of benzene rings is 3. The predicted octanol–water partition coefficient (Wildman–Crippen LogP) is 11.5. The summed E-state index contributed by atoms with van der Waals surface area (Å²) in [4.78, 5) is 21.0. The Morgan fingerprint density at radius 3 is 0.783 bits per heavy atom. The van der Waals surface area contributed by atoms with Crippen LogP contribution in [0.4, 0.5) is 0 Å². The van der Waals surface area contributed by atoms with Crippen molar-refractivity contribution in [3.8, 4) is 0 Å². The quantitative estimate of drug-likeness (QED) is 0.0960. The average Bonchev–Trinajstić information content (AvgIpc) is 4.00. The maximum Gasteiger partial charge on any atom is 2.00 e. The zero-order valence-corrected chi connectivity index (χ0v) is 39.4. The molecule has 0 aliphatic carbocycles. The molecule has 2 radical (unpaired) electrons. The van der Waals surface area contributed by atoms with Crippen LogP contribution < -0.4 is 25.5 Å². The standard InChI is InChI=1S/C36H44N4.C18H15Si.Rh/c1-9-21-22(10-2)30-18-32-25(13-5)26(14-6)34(39-32)20-36-28(16-8)27(15-7)35(40-36)19-33-24(12-4)23(11-3)31(38-33)17-29(21)37-30;1-4-10-16(11-5-1)19(17-12-6-2-7-13-17)18-14-8-3-9-15-18;/h17-20H,9-16H2,1-8H3;1-15H;/q-2;;+2. The Morgan fingerprint density at radius 1 is 0.350 bits per heavy atom. The fourth-order valence-corrected chi connectivity index (χ4v) is 11.8. The molecule has 5 heterocycles. The van der Waals surface area contributed by atoms with Crippen molar-refractivity contribution in [2.24, 2.45) is 0 Å². The maximum atomic E-state index is 5.25. The van der Waals surface area contributed by atoms with Gasteiger partial charge in [0.2, 0.25) is 0 Å². The van der Waals surface area contributed by atoms with Crippen LogP contribution in [0, 0.1) is 0 Å². The van der Waals surface area contributed by atoms with Gasteiger partial charge in [-0.3, -0.25) is 0 Å². The first-order valence-electron chi connectivity index (χ1n) is 22.1. The summed E-state index contributed by atoms with van der Waals surface area (Å²) in [5.41, 5.74) is 19.1. The van der Waals surface area contributed by atoms with Gasteiger partial charge in [0, 0.05) is 0 Å². The maximum absolute atomic E-state index is 5.25. The molecule has 6 heteroatoms. The normalized spacial score (nSPS) is 12.4. The molecule has 8 bridgehead atoms. The first-order valence-corrected chi connectivity index (χ1v) is 23.6. The van der Waals surface area contributed by atoms with Gasteiger partial charge < -0.3 is 9.97 Å². The fourth-order valence-electron chi connectivity index (χ4n) is 9.24. The number of hydrogen-bond donors (Lipinski definition) is 0. The van der Waals surface area contributed by atoms with Crippen LogP contribution in [0.5, 0.6) is 0 Å². The van der Waals surface area contributed by atoms with E-state index in [4.69, 9.17) is 19.9 Å². The van der Waals surface area contributed by atoms with E-state index in [-0.39, 0.29) is 19.5 Å². The Bertz CT molecular complexity index is 2300. The Hall–Kier alpha value is -4.90. The number of aromatic nitrogens is 4. The zero-order valence-electron chi connectivity index (χ0n) is 36.7. The van der Waals surface area contributed by atoms with E-state index in [1.54, 1.807) is 0 Å². The van der Waals surface area contributed by atoms with E-state index in [1.807, 2.05) is 0 Å². The minimum Gasteiger partial charge on any atom is -0.657 e. The van der Waals surface area contributed by atoms with Crippen LogP contribution in [0.1, 0.15) is 126 Å². The molecule has 2 aliphatic rings. The molecule has 0 fully saturated rings. The molecule has 60 heavy (non-hydrogen) atoms. The van der Waals surface area contributed by atoms with Crippen molar-refractivity contribution in [3.63, 3.8) is 0 Å². The van der Waals surface area contributed by atoms with Gasteiger partial charge in [0.1, 0.15) is 0 Å². The van der Waals surface area contributed by atoms with Crippen molar-refractivity contribution in [1.29, 1.82) is 0 Å². The summed E-state index contributed by atoms with van der Waals surface area (Å²) in [5, 5.41) is 4.31. The van der Waals surface area contributed by atoms with Crippen molar-refractivity contribution in [2.75, 3.05) is 0 Å². The minimum absolute atomic E-state index is 0. The van der Waals surface area contributed by atoms with Crippen molar-refractivity contribution < 1.29 is 19.5 Å². The molecular weight excluding hydrogens is 836 g/mol. The third-order valence-electron chi connectivity index (χ3n) is 12.0. The largest absolute Gasteiger partial charge is 2.00 e. The van der Waals surface area contributed by atoms with Gasteiger partial charge >= 0.3 is 19.5 Å². The smallest absolute Gasteiger partial charge is 0.657 e. The summed E-state index contributed by atoms with van der Waals surface area (Å²) in [6, 6.07) is 41.5. The van der Waals surface area contributed by atoms with Crippen LogP contribution in [0.3, 0.4) is 0 Å². The Kier molecular flexibility index (Phi) is 15.3. The minimum atomic E-state index is -0.877. The molecular formula is C54H59N4RhSi. The van der Waals surface area contributed by atoms with Gasteiger partial charge in [-0.05, 0) is 73.7 Å². The molecule has 0 spiro atoms. The second-order valence-corrected chi connectivity index (χ2v) is 17.7. The summed E-state index contributed by atoms with van der Waals surface area (Å²) in [6.07, 6.45) is 7.60. The van der Waals surface area contributed by atoms with E-state index in [0.29, 0.717) is 0 Å². The number of rotatable bonds is 11. The monoisotopic (exact) mass is 894 g/mol. The fraction of sp³-hybridized carbons (Fsp3) is 0.296. The van der Waals surface area contributed by atoms with Crippen molar-refractivity contribution in [3.05, 3.63) is 160 Å². The van der Waals surface area contributed by atoms with E-state index in [2.05, 4.69) is 171 Å².